The van der Waals surface area contributed by atoms with E-state index < -0.39 is 11.6 Å². The van der Waals surface area contributed by atoms with Gasteiger partial charge in [0.05, 0.1) is 6.10 Å². The Balaban J connectivity index is 1.72. The average Bonchev–Trinajstić information content (AvgIpc) is 2.58. The first-order valence-corrected chi connectivity index (χ1v) is 8.72. The monoisotopic (exact) mass is 346 g/mol. The van der Waals surface area contributed by atoms with Crippen LogP contribution in [0.3, 0.4) is 0 Å². The number of nitrogens with zero attached hydrogens (tertiary/aromatic N) is 1. The number of aliphatic hydroxyl groups excluding tert-OH is 1. The van der Waals surface area contributed by atoms with Gasteiger partial charge in [-0.3, -0.25) is 4.90 Å². The van der Waals surface area contributed by atoms with Crippen LogP contribution in [0.4, 0.5) is 14.5 Å². The van der Waals surface area contributed by atoms with Gasteiger partial charge in [0.25, 0.3) is 0 Å². The van der Waals surface area contributed by atoms with Gasteiger partial charge in [0.15, 0.2) is 0 Å². The van der Waals surface area contributed by atoms with E-state index in [9.17, 15) is 13.9 Å². The van der Waals surface area contributed by atoms with E-state index in [1.807, 2.05) is 25.1 Å². The third-order valence-corrected chi connectivity index (χ3v) is 4.73. The van der Waals surface area contributed by atoms with Crippen molar-refractivity contribution in [2.24, 2.45) is 0 Å². The second-order valence-electron chi connectivity index (χ2n) is 6.73. The number of piperidine rings is 1. The number of halogens is 2. The first-order chi connectivity index (χ1) is 12.0. The Hall–Kier alpha value is -1.98. The van der Waals surface area contributed by atoms with Crippen LogP contribution in [0.5, 0.6) is 0 Å². The molecule has 0 amide bonds. The van der Waals surface area contributed by atoms with Gasteiger partial charge >= 0.3 is 0 Å². The summed E-state index contributed by atoms with van der Waals surface area (Å²) in [5, 5.41) is 13.0. The third kappa shape index (κ3) is 4.77. The molecular formula is C20H24F2N2O. The number of hydrogen-bond acceptors (Lipinski definition) is 3. The molecule has 1 saturated heterocycles. The number of benzene rings is 2. The van der Waals surface area contributed by atoms with Crippen LogP contribution in [0.1, 0.15) is 36.9 Å². The van der Waals surface area contributed by atoms with E-state index in [-0.39, 0.29) is 12.1 Å². The van der Waals surface area contributed by atoms with Crippen LogP contribution in [0, 0.1) is 11.6 Å². The summed E-state index contributed by atoms with van der Waals surface area (Å²) >= 11 is 0. The maximum Gasteiger partial charge on any atom is 0.126 e. The molecule has 2 aromatic carbocycles. The van der Waals surface area contributed by atoms with E-state index in [1.165, 1.54) is 12.1 Å². The zero-order chi connectivity index (χ0) is 17.8. The fourth-order valence-electron chi connectivity index (χ4n) is 3.26. The number of hydrogen-bond donors (Lipinski definition) is 2. The molecule has 134 valence electrons. The van der Waals surface area contributed by atoms with Gasteiger partial charge in [-0.25, -0.2) is 8.78 Å². The molecule has 1 atom stereocenters. The zero-order valence-electron chi connectivity index (χ0n) is 14.4. The lowest BCUT2D eigenvalue weighted by molar-refractivity contribution is 0.0793. The highest BCUT2D eigenvalue weighted by atomic mass is 19.1. The molecule has 0 radical (unpaired) electrons. The summed E-state index contributed by atoms with van der Waals surface area (Å²) in [7, 11) is 0. The van der Waals surface area contributed by atoms with Crippen molar-refractivity contribution < 1.29 is 13.9 Å². The molecule has 2 N–H and O–H groups in total. The van der Waals surface area contributed by atoms with Crippen molar-refractivity contribution in [3.63, 3.8) is 0 Å². The molecule has 3 rings (SSSR count). The molecule has 3 nitrogen and oxygen atoms in total. The van der Waals surface area contributed by atoms with Crippen molar-refractivity contribution in [1.29, 1.82) is 0 Å². The van der Waals surface area contributed by atoms with Crippen molar-refractivity contribution in [3.05, 3.63) is 65.2 Å². The summed E-state index contributed by atoms with van der Waals surface area (Å²) in [6.07, 6.45) is 1.41. The van der Waals surface area contributed by atoms with Crippen LogP contribution in [0.25, 0.3) is 0 Å². The van der Waals surface area contributed by atoms with Gasteiger partial charge in [0.1, 0.15) is 11.6 Å². The summed E-state index contributed by atoms with van der Waals surface area (Å²) in [6, 6.07) is 11.4. The van der Waals surface area contributed by atoms with Gasteiger partial charge in [-0.15, -0.1) is 0 Å². The average molecular weight is 346 g/mol. The topological polar surface area (TPSA) is 35.5 Å². The highest BCUT2D eigenvalue weighted by molar-refractivity contribution is 5.52. The maximum atomic E-state index is 13.5. The molecule has 1 unspecified atom stereocenters. The van der Waals surface area contributed by atoms with E-state index in [2.05, 4.69) is 16.3 Å². The standard InChI is InChI=1S/C20H24F2N2O/c1-14(16-10-17(21)12-18(22)11-16)23-20-5-3-2-4-15(20)13-24-8-6-19(25)7-9-24/h2-5,10-12,14,19,23,25H,6-9,13H2,1H3. The predicted molar refractivity (Wildman–Crippen MR) is 95.4 cm³/mol. The van der Waals surface area contributed by atoms with Crippen LogP contribution >= 0.6 is 0 Å². The molecule has 0 spiro atoms. The predicted octanol–water partition coefficient (Wildman–Crippen LogP) is 4.09. The highest BCUT2D eigenvalue weighted by Gasteiger charge is 2.18. The molecule has 1 heterocycles. The highest BCUT2D eigenvalue weighted by Crippen LogP contribution is 2.25. The first kappa shape index (κ1) is 17.8. The molecule has 25 heavy (non-hydrogen) atoms. The number of rotatable bonds is 5. The normalized spacial score (nSPS) is 17.4. The van der Waals surface area contributed by atoms with Crippen molar-refractivity contribution in [3.8, 4) is 0 Å². The Kier molecular flexibility index (Phi) is 5.66. The molecule has 5 heteroatoms. The molecule has 0 aliphatic carbocycles. The Labute approximate surface area is 147 Å². The van der Waals surface area contributed by atoms with Gasteiger partial charge < -0.3 is 10.4 Å². The lowest BCUT2D eigenvalue weighted by Crippen LogP contribution is -2.35. The zero-order valence-corrected chi connectivity index (χ0v) is 14.4. The fraction of sp³-hybridized carbons (Fsp3) is 0.400. The lowest BCUT2D eigenvalue weighted by atomic mass is 10.0. The minimum Gasteiger partial charge on any atom is -0.393 e. The van der Waals surface area contributed by atoms with E-state index >= 15 is 0 Å². The summed E-state index contributed by atoms with van der Waals surface area (Å²) in [5.74, 6) is -1.13. The maximum absolute atomic E-state index is 13.5. The molecule has 1 fully saturated rings. The fourth-order valence-corrected chi connectivity index (χ4v) is 3.26. The van der Waals surface area contributed by atoms with Crippen molar-refractivity contribution in [1.82, 2.24) is 4.90 Å². The number of para-hydroxylation sites is 1. The molecule has 1 aliphatic heterocycles. The largest absolute Gasteiger partial charge is 0.393 e. The van der Waals surface area contributed by atoms with Crippen LogP contribution in [-0.2, 0) is 6.54 Å². The third-order valence-electron chi connectivity index (χ3n) is 4.73. The Morgan fingerprint density at radius 2 is 1.76 bits per heavy atom. The first-order valence-electron chi connectivity index (χ1n) is 8.72. The summed E-state index contributed by atoms with van der Waals surface area (Å²) < 4.78 is 26.9. The lowest BCUT2D eigenvalue weighted by Gasteiger charge is -2.30. The second-order valence-corrected chi connectivity index (χ2v) is 6.73. The van der Waals surface area contributed by atoms with E-state index in [0.717, 1.165) is 49.8 Å². The van der Waals surface area contributed by atoms with Gasteiger partial charge in [-0.05, 0) is 49.1 Å². The van der Waals surface area contributed by atoms with E-state index in [1.54, 1.807) is 0 Å². The van der Waals surface area contributed by atoms with Crippen molar-refractivity contribution in [2.75, 3.05) is 18.4 Å². The molecule has 0 saturated carbocycles. The van der Waals surface area contributed by atoms with Crippen LogP contribution in [0.2, 0.25) is 0 Å². The molecule has 0 bridgehead atoms. The Bertz CT molecular complexity index is 694. The minimum absolute atomic E-state index is 0.187. The summed E-state index contributed by atoms with van der Waals surface area (Å²) in [5.41, 5.74) is 2.68. The Morgan fingerprint density at radius 3 is 2.44 bits per heavy atom. The quantitative estimate of drug-likeness (QED) is 0.856. The summed E-state index contributed by atoms with van der Waals surface area (Å²) in [6.45, 7) is 4.43. The SMILES string of the molecule is CC(Nc1ccccc1CN1CCC(O)CC1)c1cc(F)cc(F)c1. The van der Waals surface area contributed by atoms with Crippen molar-refractivity contribution >= 4 is 5.69 Å². The van der Waals surface area contributed by atoms with Crippen LogP contribution in [0.15, 0.2) is 42.5 Å². The Morgan fingerprint density at radius 1 is 1.12 bits per heavy atom. The molecule has 2 aromatic rings. The van der Waals surface area contributed by atoms with Gasteiger partial charge in [-0.1, -0.05) is 18.2 Å². The van der Waals surface area contributed by atoms with Gasteiger partial charge in [-0.2, -0.15) is 0 Å². The molecule has 1 aliphatic rings. The number of anilines is 1. The molecular weight excluding hydrogens is 322 g/mol. The van der Waals surface area contributed by atoms with E-state index in [0.29, 0.717) is 5.56 Å². The molecule has 0 aromatic heterocycles. The van der Waals surface area contributed by atoms with Gasteiger partial charge in [0.2, 0.25) is 0 Å². The number of nitrogens with one attached hydrogen (secondary N) is 1. The van der Waals surface area contributed by atoms with Crippen LogP contribution in [-0.4, -0.2) is 29.2 Å². The van der Waals surface area contributed by atoms with Crippen molar-refractivity contribution in [2.45, 2.75) is 38.5 Å². The van der Waals surface area contributed by atoms with E-state index in [4.69, 9.17) is 0 Å². The summed E-state index contributed by atoms with van der Waals surface area (Å²) in [4.78, 5) is 2.32. The second kappa shape index (κ2) is 7.93. The number of aliphatic hydroxyl groups is 1. The van der Waals surface area contributed by atoms with Crippen LogP contribution < -0.4 is 5.32 Å². The minimum atomic E-state index is -0.566. The number of likely N-dealkylation sites (tertiary alicyclic amines) is 1. The van der Waals surface area contributed by atoms with Gasteiger partial charge in [0, 0.05) is 37.4 Å². The smallest absolute Gasteiger partial charge is 0.126 e.